The van der Waals surface area contributed by atoms with Crippen molar-refractivity contribution in [3.63, 3.8) is 0 Å². The maximum absolute atomic E-state index is 11.6. The van der Waals surface area contributed by atoms with E-state index in [1.165, 1.54) is 0 Å². The Balaban J connectivity index is 2.46. The molecule has 0 aliphatic heterocycles. The van der Waals surface area contributed by atoms with Gasteiger partial charge in [-0.1, -0.05) is 18.2 Å². The van der Waals surface area contributed by atoms with Gasteiger partial charge in [-0.05, 0) is 26.1 Å². The number of nitriles is 1. The smallest absolute Gasteiger partial charge is 0.238 e. The van der Waals surface area contributed by atoms with Crippen molar-refractivity contribution in [3.05, 3.63) is 30.3 Å². The number of rotatable bonds is 4. The first-order chi connectivity index (χ1) is 7.63. The summed E-state index contributed by atoms with van der Waals surface area (Å²) < 4.78 is 0. The van der Waals surface area contributed by atoms with E-state index in [-0.39, 0.29) is 18.5 Å². The van der Waals surface area contributed by atoms with Gasteiger partial charge in [0.1, 0.15) is 0 Å². The van der Waals surface area contributed by atoms with E-state index < -0.39 is 0 Å². The van der Waals surface area contributed by atoms with Crippen LogP contribution in [0.15, 0.2) is 30.3 Å². The highest BCUT2D eigenvalue weighted by Crippen LogP contribution is 2.05. The molecule has 1 rings (SSSR count). The van der Waals surface area contributed by atoms with Crippen molar-refractivity contribution in [2.24, 2.45) is 0 Å². The molecule has 0 saturated carbocycles. The number of benzene rings is 1. The molecule has 84 valence electrons. The topological polar surface area (TPSA) is 56.1 Å². The second-order valence-corrected chi connectivity index (χ2v) is 3.63. The molecule has 0 bridgehead atoms. The summed E-state index contributed by atoms with van der Waals surface area (Å²) in [5.74, 6) is -0.115. The number of para-hydroxylation sites is 1. The van der Waals surface area contributed by atoms with Gasteiger partial charge in [-0.15, -0.1) is 0 Å². The van der Waals surface area contributed by atoms with Crippen LogP contribution < -0.4 is 5.32 Å². The Morgan fingerprint density at radius 3 is 2.69 bits per heavy atom. The average molecular weight is 217 g/mol. The summed E-state index contributed by atoms with van der Waals surface area (Å²) in [4.78, 5) is 13.3. The zero-order valence-electron chi connectivity index (χ0n) is 9.47. The number of carbonyl (C=O) groups is 1. The number of hydrogen-bond donors (Lipinski definition) is 1. The first kappa shape index (κ1) is 12.2. The second kappa shape index (κ2) is 5.89. The summed E-state index contributed by atoms with van der Waals surface area (Å²) >= 11 is 0. The lowest BCUT2D eigenvalue weighted by molar-refractivity contribution is -0.117. The molecule has 4 heteroatoms. The van der Waals surface area contributed by atoms with Crippen LogP contribution in [0, 0.1) is 11.3 Å². The minimum Gasteiger partial charge on any atom is -0.325 e. The molecular formula is C12H15N3O. The average Bonchev–Trinajstić information content (AvgIpc) is 2.29. The third kappa shape index (κ3) is 3.71. The first-order valence-electron chi connectivity index (χ1n) is 5.08. The van der Waals surface area contributed by atoms with Crippen molar-refractivity contribution >= 4 is 11.6 Å². The fourth-order valence-electron chi connectivity index (χ4n) is 1.18. The highest BCUT2D eigenvalue weighted by molar-refractivity contribution is 5.92. The number of amides is 1. The van der Waals surface area contributed by atoms with Crippen LogP contribution >= 0.6 is 0 Å². The largest absolute Gasteiger partial charge is 0.325 e. The molecule has 1 amide bonds. The van der Waals surface area contributed by atoms with Crippen LogP contribution in [0.2, 0.25) is 0 Å². The molecule has 0 aromatic heterocycles. The van der Waals surface area contributed by atoms with E-state index in [1.807, 2.05) is 30.3 Å². The van der Waals surface area contributed by atoms with Gasteiger partial charge in [0, 0.05) is 5.69 Å². The molecule has 16 heavy (non-hydrogen) atoms. The zero-order chi connectivity index (χ0) is 12.0. The number of hydrogen-bond acceptors (Lipinski definition) is 3. The zero-order valence-corrected chi connectivity index (χ0v) is 9.47. The maximum atomic E-state index is 11.6. The Labute approximate surface area is 95.5 Å². The number of carbonyl (C=O) groups excluding carboxylic acids is 1. The van der Waals surface area contributed by atoms with E-state index >= 15 is 0 Å². The van der Waals surface area contributed by atoms with Crippen molar-refractivity contribution in [2.45, 2.75) is 13.0 Å². The Morgan fingerprint density at radius 2 is 2.12 bits per heavy atom. The maximum Gasteiger partial charge on any atom is 0.238 e. The molecule has 0 spiro atoms. The van der Waals surface area contributed by atoms with Crippen LogP contribution in [0.1, 0.15) is 6.92 Å². The van der Waals surface area contributed by atoms with Gasteiger partial charge in [0.25, 0.3) is 0 Å². The fraction of sp³-hybridized carbons (Fsp3) is 0.333. The third-order valence-corrected chi connectivity index (χ3v) is 2.30. The normalized spacial score (nSPS) is 11.9. The van der Waals surface area contributed by atoms with Gasteiger partial charge >= 0.3 is 0 Å². The van der Waals surface area contributed by atoms with Crippen molar-refractivity contribution in [1.82, 2.24) is 4.90 Å². The van der Waals surface area contributed by atoms with Crippen LogP contribution in [-0.4, -0.2) is 30.4 Å². The van der Waals surface area contributed by atoms with Gasteiger partial charge in [0.05, 0.1) is 18.7 Å². The highest BCUT2D eigenvalue weighted by atomic mass is 16.2. The summed E-state index contributed by atoms with van der Waals surface area (Å²) in [6.45, 7) is 1.97. The van der Waals surface area contributed by atoms with E-state index in [2.05, 4.69) is 11.4 Å². The van der Waals surface area contributed by atoms with Gasteiger partial charge < -0.3 is 5.32 Å². The van der Waals surface area contributed by atoms with Gasteiger partial charge in [0.15, 0.2) is 0 Å². The monoisotopic (exact) mass is 217 g/mol. The quantitative estimate of drug-likeness (QED) is 0.830. The summed E-state index contributed by atoms with van der Waals surface area (Å²) in [5.41, 5.74) is 0.769. The summed E-state index contributed by atoms with van der Waals surface area (Å²) in [5, 5.41) is 11.4. The Hall–Kier alpha value is -1.86. The molecule has 0 aliphatic carbocycles. The second-order valence-electron chi connectivity index (χ2n) is 3.63. The summed E-state index contributed by atoms with van der Waals surface area (Å²) in [6.07, 6.45) is 0. The molecule has 1 N–H and O–H groups in total. The molecule has 1 atom stereocenters. The lowest BCUT2D eigenvalue weighted by atomic mass is 10.3. The predicted molar refractivity (Wildman–Crippen MR) is 62.8 cm³/mol. The van der Waals surface area contributed by atoms with Gasteiger partial charge in [-0.3, -0.25) is 9.69 Å². The highest BCUT2D eigenvalue weighted by Gasteiger charge is 2.11. The van der Waals surface area contributed by atoms with Crippen LogP contribution in [0.25, 0.3) is 0 Å². The van der Waals surface area contributed by atoms with E-state index in [9.17, 15) is 4.79 Å². The van der Waals surface area contributed by atoms with Gasteiger partial charge in [-0.25, -0.2) is 0 Å². The van der Waals surface area contributed by atoms with Crippen LogP contribution in [0.4, 0.5) is 5.69 Å². The van der Waals surface area contributed by atoms with Crippen molar-refractivity contribution in [2.75, 3.05) is 18.9 Å². The van der Waals surface area contributed by atoms with Crippen LogP contribution in [0.3, 0.4) is 0 Å². The Bertz CT molecular complexity index is 383. The Morgan fingerprint density at radius 1 is 1.50 bits per heavy atom. The molecule has 1 aromatic carbocycles. The minimum absolute atomic E-state index is 0.115. The lowest BCUT2D eigenvalue weighted by Gasteiger charge is -2.18. The van der Waals surface area contributed by atoms with Gasteiger partial charge in [-0.2, -0.15) is 5.26 Å². The van der Waals surface area contributed by atoms with Crippen LogP contribution in [-0.2, 0) is 4.79 Å². The first-order valence-corrected chi connectivity index (χ1v) is 5.08. The number of nitrogens with one attached hydrogen (secondary N) is 1. The molecule has 4 nitrogen and oxygen atoms in total. The molecule has 0 aliphatic rings. The molecule has 0 fully saturated rings. The lowest BCUT2D eigenvalue weighted by Crippen LogP contribution is -2.35. The summed E-state index contributed by atoms with van der Waals surface area (Å²) in [6, 6.07) is 11.1. The Kier molecular flexibility index (Phi) is 4.49. The molecule has 0 heterocycles. The minimum atomic E-state index is -0.262. The number of nitrogens with zero attached hydrogens (tertiary/aromatic N) is 2. The van der Waals surface area contributed by atoms with E-state index in [1.54, 1.807) is 18.9 Å². The number of likely N-dealkylation sites (N-methyl/N-ethyl adjacent to an activating group) is 1. The van der Waals surface area contributed by atoms with Crippen molar-refractivity contribution < 1.29 is 4.79 Å². The molecule has 0 saturated heterocycles. The number of anilines is 1. The molecule has 1 aromatic rings. The van der Waals surface area contributed by atoms with Crippen LogP contribution in [0.5, 0.6) is 0 Å². The van der Waals surface area contributed by atoms with E-state index in [0.29, 0.717) is 0 Å². The SMILES string of the molecule is CC(C#N)N(C)CC(=O)Nc1ccccc1. The molecule has 1 unspecified atom stereocenters. The van der Waals surface area contributed by atoms with Crippen molar-refractivity contribution in [3.8, 4) is 6.07 Å². The van der Waals surface area contributed by atoms with Crippen molar-refractivity contribution in [1.29, 1.82) is 5.26 Å². The molecular weight excluding hydrogens is 202 g/mol. The van der Waals surface area contributed by atoms with E-state index in [0.717, 1.165) is 5.69 Å². The molecule has 0 radical (unpaired) electrons. The van der Waals surface area contributed by atoms with E-state index in [4.69, 9.17) is 5.26 Å². The third-order valence-electron chi connectivity index (χ3n) is 2.30. The predicted octanol–water partition coefficient (Wildman–Crippen LogP) is 1.47. The summed E-state index contributed by atoms with van der Waals surface area (Å²) in [7, 11) is 1.75. The fourth-order valence-corrected chi connectivity index (χ4v) is 1.18. The standard InChI is InChI=1S/C12H15N3O/c1-10(8-13)15(2)9-12(16)14-11-6-4-3-5-7-11/h3-7,10H,9H2,1-2H3,(H,14,16). The van der Waals surface area contributed by atoms with Gasteiger partial charge in [0.2, 0.25) is 5.91 Å².